The fourth-order valence-corrected chi connectivity index (χ4v) is 4.37. The first-order valence-corrected chi connectivity index (χ1v) is 11.9. The number of nitrogens with one attached hydrogen (secondary N) is 2. The lowest BCUT2D eigenvalue weighted by Crippen LogP contribution is -2.36. The van der Waals surface area contributed by atoms with Crippen LogP contribution in [0.2, 0.25) is 10.0 Å². The molecular weight excluding hydrogens is 505 g/mol. The lowest BCUT2D eigenvalue weighted by molar-refractivity contribution is -0.125. The predicted molar refractivity (Wildman–Crippen MR) is 139 cm³/mol. The summed E-state index contributed by atoms with van der Waals surface area (Å²) >= 11 is 12.5. The molecule has 1 aliphatic rings. The van der Waals surface area contributed by atoms with Gasteiger partial charge in [-0.2, -0.15) is 0 Å². The number of ether oxygens (including phenoxy) is 3. The first-order valence-electron chi connectivity index (χ1n) is 11.1. The Morgan fingerprint density at radius 3 is 2.36 bits per heavy atom. The molecular formula is C26H25Cl2N3O5. The van der Waals surface area contributed by atoms with Crippen molar-refractivity contribution in [1.29, 1.82) is 0 Å². The van der Waals surface area contributed by atoms with E-state index in [1.54, 1.807) is 72.7 Å². The standard InChI is InChI=1S/C26H25Cl2N3O5/c1-34-18-11-9-17(10-12-18)31-14-16(13-24(31)32)26(33)30-29-22-7-4-8-23(35-2)25(22)36-15-19-20(27)5-3-6-21(19)28/h3-12,16,29H,13-15H2,1-2H3,(H,30,33)/t16-/m1/s1. The van der Waals surface area contributed by atoms with Gasteiger partial charge in [-0.3, -0.25) is 20.4 Å². The van der Waals surface area contributed by atoms with Gasteiger partial charge >= 0.3 is 0 Å². The number of methoxy groups -OCH3 is 2. The number of benzene rings is 3. The third-order valence-corrected chi connectivity index (χ3v) is 6.53. The van der Waals surface area contributed by atoms with Gasteiger partial charge in [0.25, 0.3) is 0 Å². The fourth-order valence-electron chi connectivity index (χ4n) is 3.86. The van der Waals surface area contributed by atoms with Crippen LogP contribution in [-0.2, 0) is 16.2 Å². The van der Waals surface area contributed by atoms with Gasteiger partial charge in [0.1, 0.15) is 12.4 Å². The van der Waals surface area contributed by atoms with Crippen LogP contribution in [0.15, 0.2) is 60.7 Å². The van der Waals surface area contributed by atoms with Crippen molar-refractivity contribution < 1.29 is 23.8 Å². The van der Waals surface area contributed by atoms with Crippen LogP contribution >= 0.6 is 23.2 Å². The van der Waals surface area contributed by atoms with Gasteiger partial charge in [0, 0.05) is 34.3 Å². The Kier molecular flexibility index (Phi) is 8.07. The van der Waals surface area contributed by atoms with Crippen molar-refractivity contribution >= 4 is 46.4 Å². The van der Waals surface area contributed by atoms with Crippen molar-refractivity contribution in [2.75, 3.05) is 31.1 Å². The molecule has 3 aromatic rings. The maximum atomic E-state index is 12.9. The van der Waals surface area contributed by atoms with Crippen molar-refractivity contribution in [3.05, 3.63) is 76.3 Å². The van der Waals surface area contributed by atoms with Crippen LogP contribution in [0.3, 0.4) is 0 Å². The molecule has 0 spiro atoms. The predicted octanol–water partition coefficient (Wildman–Crippen LogP) is 5.09. The summed E-state index contributed by atoms with van der Waals surface area (Å²) in [6.07, 6.45) is 0.103. The smallest absolute Gasteiger partial charge is 0.243 e. The van der Waals surface area contributed by atoms with Gasteiger partial charge in [-0.15, -0.1) is 0 Å². The van der Waals surface area contributed by atoms with E-state index in [0.29, 0.717) is 44.2 Å². The highest BCUT2D eigenvalue weighted by atomic mass is 35.5. The molecule has 1 heterocycles. The minimum Gasteiger partial charge on any atom is -0.497 e. The third-order valence-electron chi connectivity index (χ3n) is 5.82. The van der Waals surface area contributed by atoms with Crippen LogP contribution in [-0.4, -0.2) is 32.6 Å². The van der Waals surface area contributed by atoms with E-state index < -0.39 is 5.92 Å². The number of carbonyl (C=O) groups is 2. The number of carbonyl (C=O) groups excluding carboxylic acids is 2. The molecule has 2 amide bonds. The van der Waals surface area contributed by atoms with Gasteiger partial charge < -0.3 is 19.1 Å². The van der Waals surface area contributed by atoms with E-state index in [1.807, 2.05) is 0 Å². The Morgan fingerprint density at radius 2 is 1.69 bits per heavy atom. The number of hydrogen-bond donors (Lipinski definition) is 2. The minimum absolute atomic E-state index is 0.0927. The zero-order chi connectivity index (χ0) is 25.7. The summed E-state index contributed by atoms with van der Waals surface area (Å²) in [5.41, 5.74) is 7.40. The van der Waals surface area contributed by atoms with E-state index >= 15 is 0 Å². The Labute approximate surface area is 219 Å². The average molecular weight is 530 g/mol. The van der Waals surface area contributed by atoms with E-state index in [4.69, 9.17) is 37.4 Å². The Bertz CT molecular complexity index is 1230. The van der Waals surface area contributed by atoms with E-state index in [1.165, 1.54) is 7.11 Å². The molecule has 8 nitrogen and oxygen atoms in total. The molecule has 188 valence electrons. The van der Waals surface area contributed by atoms with Crippen LogP contribution in [0.1, 0.15) is 12.0 Å². The maximum Gasteiger partial charge on any atom is 0.243 e. The van der Waals surface area contributed by atoms with Crippen molar-refractivity contribution in [1.82, 2.24) is 5.43 Å². The summed E-state index contributed by atoms with van der Waals surface area (Å²) in [5, 5.41) is 0.958. The number of hydrogen-bond acceptors (Lipinski definition) is 6. The van der Waals surface area contributed by atoms with Crippen LogP contribution in [0.25, 0.3) is 0 Å². The van der Waals surface area contributed by atoms with Crippen molar-refractivity contribution in [2.24, 2.45) is 5.92 Å². The largest absolute Gasteiger partial charge is 0.497 e. The highest BCUT2D eigenvalue weighted by molar-refractivity contribution is 6.35. The number of para-hydroxylation sites is 1. The van der Waals surface area contributed by atoms with Gasteiger partial charge in [0.2, 0.25) is 11.8 Å². The zero-order valence-corrected chi connectivity index (χ0v) is 21.2. The highest BCUT2D eigenvalue weighted by Gasteiger charge is 2.35. The van der Waals surface area contributed by atoms with Crippen molar-refractivity contribution in [2.45, 2.75) is 13.0 Å². The SMILES string of the molecule is COc1ccc(N2C[C@H](C(=O)NNc3cccc(OC)c3OCc3c(Cl)cccc3Cl)CC2=O)cc1. The highest BCUT2D eigenvalue weighted by Crippen LogP contribution is 2.37. The van der Waals surface area contributed by atoms with Crippen LogP contribution in [0.4, 0.5) is 11.4 Å². The summed E-state index contributed by atoms with van der Waals surface area (Å²) < 4.78 is 16.6. The number of anilines is 2. The quantitative estimate of drug-likeness (QED) is 0.375. The molecule has 0 aromatic heterocycles. The lowest BCUT2D eigenvalue weighted by atomic mass is 10.1. The number of halogens is 2. The summed E-state index contributed by atoms with van der Waals surface area (Å²) in [6, 6.07) is 17.6. The summed E-state index contributed by atoms with van der Waals surface area (Å²) in [6.45, 7) is 0.362. The molecule has 1 fully saturated rings. The molecule has 0 saturated carbocycles. The fraction of sp³-hybridized carbons (Fsp3) is 0.231. The summed E-state index contributed by atoms with van der Waals surface area (Å²) in [5.74, 6) is 0.559. The van der Waals surface area contributed by atoms with Gasteiger partial charge in [-0.05, 0) is 48.5 Å². The van der Waals surface area contributed by atoms with Crippen LogP contribution in [0.5, 0.6) is 17.2 Å². The van der Waals surface area contributed by atoms with Gasteiger partial charge in [-0.25, -0.2) is 0 Å². The zero-order valence-electron chi connectivity index (χ0n) is 19.7. The minimum atomic E-state index is -0.524. The normalized spacial score (nSPS) is 14.9. The van der Waals surface area contributed by atoms with E-state index in [2.05, 4.69) is 10.9 Å². The molecule has 1 saturated heterocycles. The summed E-state index contributed by atoms with van der Waals surface area (Å²) in [4.78, 5) is 27.1. The Hall–Kier alpha value is -3.62. The number of nitrogens with zero attached hydrogens (tertiary/aromatic N) is 1. The molecule has 0 aliphatic carbocycles. The number of amides is 2. The van der Waals surface area contributed by atoms with E-state index in [9.17, 15) is 9.59 Å². The topological polar surface area (TPSA) is 89.1 Å². The molecule has 36 heavy (non-hydrogen) atoms. The van der Waals surface area contributed by atoms with Gasteiger partial charge in [-0.1, -0.05) is 35.3 Å². The average Bonchev–Trinajstić information content (AvgIpc) is 3.28. The monoisotopic (exact) mass is 529 g/mol. The number of hydrazine groups is 1. The lowest BCUT2D eigenvalue weighted by Gasteiger charge is -2.19. The maximum absolute atomic E-state index is 12.9. The second-order valence-electron chi connectivity index (χ2n) is 8.04. The first-order chi connectivity index (χ1) is 17.4. The second kappa shape index (κ2) is 11.4. The van der Waals surface area contributed by atoms with Crippen LogP contribution in [0, 0.1) is 5.92 Å². The van der Waals surface area contributed by atoms with Gasteiger partial charge in [0.05, 0.1) is 25.8 Å². The second-order valence-corrected chi connectivity index (χ2v) is 8.86. The molecule has 2 N–H and O–H groups in total. The Balaban J connectivity index is 1.42. The molecule has 4 rings (SSSR count). The molecule has 1 aliphatic heterocycles. The molecule has 3 aromatic carbocycles. The molecule has 10 heteroatoms. The molecule has 0 radical (unpaired) electrons. The van der Waals surface area contributed by atoms with E-state index in [0.717, 1.165) is 0 Å². The van der Waals surface area contributed by atoms with Gasteiger partial charge in [0.15, 0.2) is 11.5 Å². The third kappa shape index (κ3) is 5.61. The van der Waals surface area contributed by atoms with Crippen molar-refractivity contribution in [3.8, 4) is 17.2 Å². The van der Waals surface area contributed by atoms with E-state index in [-0.39, 0.29) is 31.4 Å². The molecule has 0 unspecified atom stereocenters. The molecule has 1 atom stereocenters. The van der Waals surface area contributed by atoms with Crippen molar-refractivity contribution in [3.63, 3.8) is 0 Å². The first kappa shape index (κ1) is 25.5. The Morgan fingerprint density at radius 1 is 1.00 bits per heavy atom. The summed E-state index contributed by atoms with van der Waals surface area (Å²) in [7, 11) is 3.10. The van der Waals surface area contributed by atoms with Crippen LogP contribution < -0.4 is 30.0 Å². The molecule has 0 bridgehead atoms. The number of rotatable bonds is 9.